The Labute approximate surface area is 216 Å². The Morgan fingerprint density at radius 2 is 1.89 bits per heavy atom. The lowest BCUT2D eigenvalue weighted by molar-refractivity contribution is -0.139. The second kappa shape index (κ2) is 11.5. The quantitative estimate of drug-likeness (QED) is 0.432. The van der Waals surface area contributed by atoms with E-state index in [1.807, 2.05) is 78.8 Å². The predicted octanol–water partition coefficient (Wildman–Crippen LogP) is 5.27. The Morgan fingerprint density at radius 1 is 1.11 bits per heavy atom. The standard InChI is InChI=1S/C28H31N3O4S/c1-5-30(4)24(32)16-22-18-36-28-29-19(3)25(27(33)34-6-2)26(31(22)28)21-13-10-14-23(15-21)35-17-20-11-8-7-9-12-20/h7-15,18,26H,5-6,16-17H2,1-4H3. The fourth-order valence-corrected chi connectivity index (χ4v) is 5.10. The maximum atomic E-state index is 13.2. The number of rotatable bonds is 9. The van der Waals surface area contributed by atoms with E-state index in [1.54, 1.807) is 18.9 Å². The Balaban J connectivity index is 1.69. The maximum absolute atomic E-state index is 13.2. The van der Waals surface area contributed by atoms with Crippen molar-refractivity contribution in [3.05, 3.63) is 88.1 Å². The normalized spacial score (nSPS) is 16.8. The minimum atomic E-state index is -0.488. The predicted molar refractivity (Wildman–Crippen MR) is 142 cm³/mol. The number of carbonyl (C=O) groups is 2. The van der Waals surface area contributed by atoms with Crippen molar-refractivity contribution >= 4 is 28.8 Å². The molecule has 0 aromatic heterocycles. The highest BCUT2D eigenvalue weighted by Crippen LogP contribution is 2.45. The molecule has 0 saturated heterocycles. The van der Waals surface area contributed by atoms with Gasteiger partial charge in [-0.25, -0.2) is 9.79 Å². The van der Waals surface area contributed by atoms with Gasteiger partial charge >= 0.3 is 5.97 Å². The van der Waals surface area contributed by atoms with Gasteiger partial charge in [0, 0.05) is 19.3 Å². The summed E-state index contributed by atoms with van der Waals surface area (Å²) in [6.45, 7) is 6.87. The molecule has 2 heterocycles. The van der Waals surface area contributed by atoms with Crippen LogP contribution in [0.15, 0.2) is 82.0 Å². The Bertz CT molecular complexity index is 1220. The molecule has 0 N–H and O–H groups in total. The lowest BCUT2D eigenvalue weighted by Gasteiger charge is -2.36. The third-order valence-corrected chi connectivity index (χ3v) is 7.04. The molecule has 36 heavy (non-hydrogen) atoms. The van der Waals surface area contributed by atoms with Crippen molar-refractivity contribution in [3.63, 3.8) is 0 Å². The third kappa shape index (κ3) is 5.49. The summed E-state index contributed by atoms with van der Waals surface area (Å²) >= 11 is 1.46. The van der Waals surface area contributed by atoms with Gasteiger partial charge in [0.05, 0.1) is 30.3 Å². The molecule has 0 fully saturated rings. The van der Waals surface area contributed by atoms with Gasteiger partial charge in [-0.1, -0.05) is 54.2 Å². The molecule has 2 aromatic rings. The molecule has 7 nitrogen and oxygen atoms in total. The highest BCUT2D eigenvalue weighted by molar-refractivity contribution is 8.16. The number of hydrogen-bond donors (Lipinski definition) is 0. The van der Waals surface area contributed by atoms with Crippen LogP contribution in [0.4, 0.5) is 0 Å². The van der Waals surface area contributed by atoms with Crippen LogP contribution in [0.25, 0.3) is 0 Å². The number of amides is 1. The van der Waals surface area contributed by atoms with E-state index in [4.69, 9.17) is 14.5 Å². The first kappa shape index (κ1) is 25.6. The number of aliphatic imine (C=N–C) groups is 1. The molecule has 1 amide bonds. The van der Waals surface area contributed by atoms with Gasteiger partial charge in [0.25, 0.3) is 0 Å². The van der Waals surface area contributed by atoms with Crippen LogP contribution in [0.2, 0.25) is 0 Å². The molecule has 4 rings (SSSR count). The average Bonchev–Trinajstić information content (AvgIpc) is 3.28. The molecule has 0 spiro atoms. The molecule has 2 aliphatic heterocycles. The van der Waals surface area contributed by atoms with E-state index in [-0.39, 0.29) is 18.9 Å². The topological polar surface area (TPSA) is 71.4 Å². The molecule has 2 aliphatic rings. The smallest absolute Gasteiger partial charge is 0.338 e. The number of fused-ring (bicyclic) bond motifs is 1. The lowest BCUT2D eigenvalue weighted by atomic mass is 9.93. The Hall–Kier alpha value is -3.52. The number of nitrogens with zero attached hydrogens (tertiary/aromatic N) is 3. The van der Waals surface area contributed by atoms with Gasteiger partial charge in [0.15, 0.2) is 5.17 Å². The van der Waals surface area contributed by atoms with Crippen LogP contribution < -0.4 is 4.74 Å². The van der Waals surface area contributed by atoms with Gasteiger partial charge in [-0.2, -0.15) is 0 Å². The van der Waals surface area contributed by atoms with E-state index in [2.05, 4.69) is 0 Å². The summed E-state index contributed by atoms with van der Waals surface area (Å²) in [4.78, 5) is 34.3. The molecular weight excluding hydrogens is 474 g/mol. The number of carbonyl (C=O) groups excluding carboxylic acids is 2. The van der Waals surface area contributed by atoms with Crippen LogP contribution in [-0.2, 0) is 20.9 Å². The summed E-state index contributed by atoms with van der Waals surface area (Å²) in [5.41, 5.74) is 3.81. The fourth-order valence-electron chi connectivity index (χ4n) is 4.14. The molecular formula is C28H31N3O4S. The molecule has 0 aliphatic carbocycles. The number of ether oxygens (including phenoxy) is 2. The number of benzene rings is 2. The third-order valence-electron chi connectivity index (χ3n) is 6.15. The number of esters is 1. The summed E-state index contributed by atoms with van der Waals surface area (Å²) in [6, 6.07) is 17.2. The number of hydrogen-bond acceptors (Lipinski definition) is 7. The first-order valence-electron chi connectivity index (χ1n) is 12.0. The second-order valence-electron chi connectivity index (χ2n) is 8.54. The summed E-state index contributed by atoms with van der Waals surface area (Å²) in [5, 5.41) is 2.69. The van der Waals surface area contributed by atoms with Crippen molar-refractivity contribution in [1.82, 2.24) is 9.80 Å². The monoisotopic (exact) mass is 505 g/mol. The van der Waals surface area contributed by atoms with Crippen molar-refractivity contribution in [2.75, 3.05) is 20.2 Å². The van der Waals surface area contributed by atoms with Gasteiger partial charge < -0.3 is 19.3 Å². The van der Waals surface area contributed by atoms with Crippen molar-refractivity contribution < 1.29 is 19.1 Å². The van der Waals surface area contributed by atoms with Crippen LogP contribution in [0.3, 0.4) is 0 Å². The van der Waals surface area contributed by atoms with Gasteiger partial charge in [0.2, 0.25) is 5.91 Å². The maximum Gasteiger partial charge on any atom is 0.338 e. The van der Waals surface area contributed by atoms with Gasteiger partial charge in [-0.15, -0.1) is 0 Å². The Morgan fingerprint density at radius 3 is 2.61 bits per heavy atom. The molecule has 1 atom stereocenters. The van der Waals surface area contributed by atoms with Gasteiger partial charge in [-0.05, 0) is 49.4 Å². The fraction of sp³-hybridized carbons (Fsp3) is 0.321. The van der Waals surface area contributed by atoms with E-state index < -0.39 is 12.0 Å². The number of thioether (sulfide) groups is 1. The first-order valence-corrected chi connectivity index (χ1v) is 12.9. The van der Waals surface area contributed by atoms with Crippen molar-refractivity contribution in [2.24, 2.45) is 4.99 Å². The SMILES string of the molecule is CCOC(=O)C1=C(C)N=C2SC=C(CC(=O)N(C)CC)N2C1c1cccc(OCc2ccccc2)c1. The van der Waals surface area contributed by atoms with Crippen LogP contribution in [0, 0.1) is 0 Å². The average molecular weight is 506 g/mol. The molecule has 0 bridgehead atoms. The van der Waals surface area contributed by atoms with E-state index in [0.717, 1.165) is 22.0 Å². The minimum Gasteiger partial charge on any atom is -0.489 e. The zero-order valence-corrected chi connectivity index (χ0v) is 21.9. The van der Waals surface area contributed by atoms with E-state index in [1.165, 1.54) is 11.8 Å². The zero-order valence-electron chi connectivity index (χ0n) is 21.1. The van der Waals surface area contributed by atoms with Crippen molar-refractivity contribution in [2.45, 2.75) is 39.8 Å². The largest absolute Gasteiger partial charge is 0.489 e. The summed E-state index contributed by atoms with van der Waals surface area (Å²) in [5.74, 6) is 0.292. The van der Waals surface area contributed by atoms with Gasteiger partial charge in [0.1, 0.15) is 12.4 Å². The Kier molecular flexibility index (Phi) is 8.15. The summed E-state index contributed by atoms with van der Waals surface area (Å²) < 4.78 is 11.5. The van der Waals surface area contributed by atoms with E-state index in [9.17, 15) is 9.59 Å². The van der Waals surface area contributed by atoms with Crippen molar-refractivity contribution in [1.29, 1.82) is 0 Å². The molecule has 0 saturated carbocycles. The molecule has 1 unspecified atom stereocenters. The highest BCUT2D eigenvalue weighted by Gasteiger charge is 2.41. The molecule has 0 radical (unpaired) electrons. The number of amidine groups is 1. The van der Waals surface area contributed by atoms with Crippen LogP contribution in [0.5, 0.6) is 5.75 Å². The van der Waals surface area contributed by atoms with E-state index >= 15 is 0 Å². The highest BCUT2D eigenvalue weighted by atomic mass is 32.2. The van der Waals surface area contributed by atoms with Crippen LogP contribution in [-0.4, -0.2) is 47.0 Å². The lowest BCUT2D eigenvalue weighted by Crippen LogP contribution is -2.38. The van der Waals surface area contributed by atoms with E-state index in [0.29, 0.717) is 30.2 Å². The molecule has 8 heteroatoms. The zero-order chi connectivity index (χ0) is 25.7. The van der Waals surface area contributed by atoms with Gasteiger partial charge in [-0.3, -0.25) is 4.79 Å². The number of allylic oxidation sites excluding steroid dienone is 1. The molecule has 2 aromatic carbocycles. The van der Waals surface area contributed by atoms with Crippen LogP contribution >= 0.6 is 11.8 Å². The minimum absolute atomic E-state index is 0.00764. The van der Waals surface area contributed by atoms with Crippen molar-refractivity contribution in [3.8, 4) is 5.75 Å². The van der Waals surface area contributed by atoms with Crippen LogP contribution in [0.1, 0.15) is 44.4 Å². The molecule has 188 valence electrons. The first-order chi connectivity index (χ1) is 17.4. The summed E-state index contributed by atoms with van der Waals surface area (Å²) in [6.07, 6.45) is 0.214. The summed E-state index contributed by atoms with van der Waals surface area (Å²) in [7, 11) is 1.79. The second-order valence-corrected chi connectivity index (χ2v) is 9.38.